The van der Waals surface area contributed by atoms with Gasteiger partial charge >= 0.3 is 24.4 Å². The molecule has 0 spiro atoms. The molecule has 1 aliphatic carbocycles. The van der Waals surface area contributed by atoms with Crippen molar-refractivity contribution in [2.45, 2.75) is 70.9 Å². The molecule has 2 aromatic rings. The summed E-state index contributed by atoms with van der Waals surface area (Å²) in [5.41, 5.74) is -2.97. The highest BCUT2D eigenvalue weighted by atomic mass is 19.4. The second-order valence-electron chi connectivity index (χ2n) is 10.9. The minimum Gasteiger partial charge on any atom is -0.465 e. The summed E-state index contributed by atoms with van der Waals surface area (Å²) in [6, 6.07) is 4.27. The largest absolute Gasteiger partial charge is 0.465 e. The van der Waals surface area contributed by atoms with Crippen molar-refractivity contribution in [1.29, 1.82) is 0 Å². The molecule has 2 aromatic carbocycles. The predicted molar refractivity (Wildman–Crippen MR) is 133 cm³/mol. The Labute approximate surface area is 223 Å². The van der Waals surface area contributed by atoms with E-state index in [1.54, 1.807) is 0 Å². The van der Waals surface area contributed by atoms with Gasteiger partial charge in [-0.2, -0.15) is 26.3 Å². The molecule has 0 saturated heterocycles. The van der Waals surface area contributed by atoms with Gasteiger partial charge in [-0.3, -0.25) is 0 Å². The van der Waals surface area contributed by atoms with Crippen LogP contribution in [0.2, 0.25) is 0 Å². The molecule has 1 unspecified atom stereocenters. The third kappa shape index (κ3) is 7.89. The van der Waals surface area contributed by atoms with Crippen LogP contribution in [0.15, 0.2) is 42.5 Å². The summed E-state index contributed by atoms with van der Waals surface area (Å²) >= 11 is 0. The van der Waals surface area contributed by atoms with E-state index in [4.69, 9.17) is 0 Å². The Balaban J connectivity index is 1.94. The minimum atomic E-state index is -5.05. The standard InChI is InChI=1S/C28H32F6N2O3/c1-26(2,3)19-9-11-22(12-10-19)35-25(38)36-23(16-5-7-17(8-6-16)24(37)39-4)18-13-20(27(29,30)31)15-21(14-18)28(32,33)34/h5-8,13-15,19,22-23H,9-12H2,1-4H3,(H2,35,36,38). The lowest BCUT2D eigenvalue weighted by Crippen LogP contribution is -2.45. The maximum Gasteiger partial charge on any atom is 0.416 e. The first-order valence-electron chi connectivity index (χ1n) is 12.5. The first-order valence-corrected chi connectivity index (χ1v) is 12.5. The summed E-state index contributed by atoms with van der Waals surface area (Å²) in [5, 5.41) is 5.38. The van der Waals surface area contributed by atoms with Gasteiger partial charge in [0.1, 0.15) is 0 Å². The van der Waals surface area contributed by atoms with E-state index in [0.29, 0.717) is 30.9 Å². The van der Waals surface area contributed by atoms with Crippen molar-refractivity contribution >= 4 is 12.0 Å². The Hall–Kier alpha value is -3.24. The highest BCUT2D eigenvalue weighted by Gasteiger charge is 2.38. The fourth-order valence-corrected chi connectivity index (χ4v) is 4.90. The van der Waals surface area contributed by atoms with E-state index in [9.17, 15) is 35.9 Å². The van der Waals surface area contributed by atoms with Crippen LogP contribution in [-0.2, 0) is 17.1 Å². The normalized spacial score (nSPS) is 19.2. The molecule has 0 radical (unpaired) electrons. The third-order valence-electron chi connectivity index (χ3n) is 7.17. The van der Waals surface area contributed by atoms with Gasteiger partial charge in [0.15, 0.2) is 0 Å². The van der Waals surface area contributed by atoms with E-state index >= 15 is 0 Å². The van der Waals surface area contributed by atoms with Gasteiger partial charge in [0.2, 0.25) is 0 Å². The number of hydrogen-bond acceptors (Lipinski definition) is 3. The van der Waals surface area contributed by atoms with Crippen LogP contribution in [0.5, 0.6) is 0 Å². The molecule has 3 rings (SSSR count). The molecule has 39 heavy (non-hydrogen) atoms. The van der Waals surface area contributed by atoms with Crippen LogP contribution in [0.3, 0.4) is 0 Å². The van der Waals surface area contributed by atoms with Gasteiger partial charge in [0.05, 0.1) is 29.8 Å². The Morgan fingerprint density at radius 3 is 1.77 bits per heavy atom. The van der Waals surface area contributed by atoms with Crippen LogP contribution >= 0.6 is 0 Å². The van der Waals surface area contributed by atoms with Crippen molar-refractivity contribution in [2.75, 3.05) is 7.11 Å². The van der Waals surface area contributed by atoms with E-state index in [0.717, 1.165) is 12.8 Å². The number of esters is 1. The van der Waals surface area contributed by atoms with Crippen molar-refractivity contribution < 1.29 is 40.7 Å². The predicted octanol–water partition coefficient (Wildman–Crippen LogP) is 7.50. The lowest BCUT2D eigenvalue weighted by molar-refractivity contribution is -0.143. The number of ether oxygens (including phenoxy) is 1. The number of benzene rings is 2. The zero-order chi connectivity index (χ0) is 29.2. The van der Waals surface area contributed by atoms with E-state index in [1.165, 1.54) is 31.4 Å². The molecule has 1 atom stereocenters. The zero-order valence-corrected chi connectivity index (χ0v) is 22.1. The number of carbonyl (C=O) groups excluding carboxylic acids is 2. The SMILES string of the molecule is COC(=O)c1ccc(C(NC(=O)NC2CCC(C(C)(C)C)CC2)c2cc(C(F)(F)F)cc(C(F)(F)F)c2)cc1. The average Bonchev–Trinajstić information content (AvgIpc) is 2.85. The van der Waals surface area contributed by atoms with Crippen LogP contribution in [0.25, 0.3) is 0 Å². The molecule has 2 amide bonds. The van der Waals surface area contributed by atoms with E-state index in [1.807, 2.05) is 0 Å². The zero-order valence-electron chi connectivity index (χ0n) is 22.1. The lowest BCUT2D eigenvalue weighted by atomic mass is 9.71. The Morgan fingerprint density at radius 2 is 1.33 bits per heavy atom. The lowest BCUT2D eigenvalue weighted by Gasteiger charge is -2.37. The molecule has 0 aliphatic heterocycles. The summed E-state index contributed by atoms with van der Waals surface area (Å²) in [4.78, 5) is 24.8. The quantitative estimate of drug-likeness (QED) is 0.295. The molecular weight excluding hydrogens is 526 g/mol. The maximum atomic E-state index is 13.6. The first kappa shape index (κ1) is 30.3. The van der Waals surface area contributed by atoms with Crippen LogP contribution in [0.4, 0.5) is 31.1 Å². The number of hydrogen-bond donors (Lipinski definition) is 2. The number of methoxy groups -OCH3 is 1. The second kappa shape index (κ2) is 11.5. The molecule has 1 saturated carbocycles. The van der Waals surface area contributed by atoms with Gasteiger partial charge in [-0.15, -0.1) is 0 Å². The van der Waals surface area contributed by atoms with E-state index < -0.39 is 47.1 Å². The van der Waals surface area contributed by atoms with Crippen LogP contribution < -0.4 is 10.6 Å². The molecule has 2 N–H and O–H groups in total. The Morgan fingerprint density at radius 1 is 0.821 bits per heavy atom. The minimum absolute atomic E-state index is 0.0364. The van der Waals surface area contributed by atoms with Gasteiger partial charge < -0.3 is 15.4 Å². The highest BCUT2D eigenvalue weighted by molar-refractivity contribution is 5.89. The molecule has 11 heteroatoms. The number of amides is 2. The van der Waals surface area contributed by atoms with E-state index in [2.05, 4.69) is 36.1 Å². The summed E-state index contributed by atoms with van der Waals surface area (Å²) in [6.07, 6.45) is -6.93. The van der Waals surface area contributed by atoms with Crippen molar-refractivity contribution in [3.8, 4) is 0 Å². The number of halogens is 6. The average molecular weight is 559 g/mol. The molecule has 0 aromatic heterocycles. The van der Waals surface area contributed by atoms with Gasteiger partial charge in [-0.25, -0.2) is 9.59 Å². The number of carbonyl (C=O) groups is 2. The highest BCUT2D eigenvalue weighted by Crippen LogP contribution is 2.39. The number of alkyl halides is 6. The van der Waals surface area contributed by atoms with Gasteiger partial charge in [-0.05, 0) is 78.5 Å². The van der Waals surface area contributed by atoms with Crippen LogP contribution in [-0.4, -0.2) is 25.2 Å². The molecule has 214 valence electrons. The van der Waals surface area contributed by atoms with Crippen molar-refractivity contribution in [3.05, 3.63) is 70.3 Å². The van der Waals surface area contributed by atoms with Crippen molar-refractivity contribution in [3.63, 3.8) is 0 Å². The number of nitrogens with one attached hydrogen (secondary N) is 2. The Bertz CT molecular complexity index is 1130. The van der Waals surface area contributed by atoms with Gasteiger partial charge in [0.25, 0.3) is 0 Å². The number of rotatable bonds is 5. The van der Waals surface area contributed by atoms with Crippen molar-refractivity contribution in [1.82, 2.24) is 10.6 Å². The smallest absolute Gasteiger partial charge is 0.416 e. The molecule has 1 aliphatic rings. The maximum absolute atomic E-state index is 13.6. The molecule has 1 fully saturated rings. The first-order chi connectivity index (χ1) is 18.0. The fourth-order valence-electron chi connectivity index (χ4n) is 4.90. The Kier molecular flexibility index (Phi) is 8.92. The third-order valence-corrected chi connectivity index (χ3v) is 7.17. The number of urea groups is 1. The summed E-state index contributed by atoms with van der Waals surface area (Å²) in [5.74, 6) is -0.196. The van der Waals surface area contributed by atoms with Crippen molar-refractivity contribution in [2.24, 2.45) is 11.3 Å². The summed E-state index contributed by atoms with van der Waals surface area (Å²) in [6.45, 7) is 6.45. The summed E-state index contributed by atoms with van der Waals surface area (Å²) < 4.78 is 85.9. The topological polar surface area (TPSA) is 67.4 Å². The van der Waals surface area contributed by atoms with Gasteiger partial charge in [-0.1, -0.05) is 32.9 Å². The second-order valence-corrected chi connectivity index (χ2v) is 10.9. The summed E-state index contributed by atoms with van der Waals surface area (Å²) in [7, 11) is 1.17. The molecule has 5 nitrogen and oxygen atoms in total. The fraction of sp³-hybridized carbons (Fsp3) is 0.500. The van der Waals surface area contributed by atoms with Gasteiger partial charge in [0, 0.05) is 6.04 Å². The molecule has 0 bridgehead atoms. The van der Waals surface area contributed by atoms with E-state index in [-0.39, 0.29) is 28.7 Å². The molecule has 0 heterocycles. The monoisotopic (exact) mass is 558 g/mol. The van der Waals surface area contributed by atoms with Crippen LogP contribution in [0, 0.1) is 11.3 Å². The molecular formula is C28H32F6N2O3. The van der Waals surface area contributed by atoms with Crippen LogP contribution in [0.1, 0.15) is 85.1 Å².